The van der Waals surface area contributed by atoms with Gasteiger partial charge in [0.2, 0.25) is 11.8 Å². The molecule has 1 aliphatic carbocycles. The minimum absolute atomic E-state index is 0.143. The van der Waals surface area contributed by atoms with Crippen molar-refractivity contribution in [2.75, 3.05) is 11.9 Å². The number of ketones is 1. The smallest absolute Gasteiger partial charge is 0.229 e. The number of carbonyl (C=O) groups is 3. The predicted molar refractivity (Wildman–Crippen MR) is 99.1 cm³/mol. The topological polar surface area (TPSA) is 93.1 Å². The van der Waals surface area contributed by atoms with E-state index in [0.717, 1.165) is 18.8 Å². The third-order valence-corrected chi connectivity index (χ3v) is 5.80. The van der Waals surface area contributed by atoms with Crippen LogP contribution in [-0.4, -0.2) is 33.7 Å². The summed E-state index contributed by atoms with van der Waals surface area (Å²) >= 11 is 0. The molecule has 0 saturated heterocycles. The lowest BCUT2D eigenvalue weighted by atomic mass is 9.92. The molecule has 1 aliphatic heterocycles. The second-order valence-electron chi connectivity index (χ2n) is 7.41. The Morgan fingerprint density at radius 3 is 2.85 bits per heavy atom. The predicted octanol–water partition coefficient (Wildman–Crippen LogP) is 1.79. The van der Waals surface area contributed by atoms with Crippen LogP contribution in [0.25, 0.3) is 0 Å². The molecule has 7 nitrogen and oxygen atoms in total. The summed E-state index contributed by atoms with van der Waals surface area (Å²) in [4.78, 5) is 42.4. The summed E-state index contributed by atoms with van der Waals surface area (Å²) in [6, 6.07) is 6.96. The number of amides is 2. The maximum Gasteiger partial charge on any atom is 0.229 e. The van der Waals surface area contributed by atoms with E-state index in [4.69, 9.17) is 0 Å². The van der Waals surface area contributed by atoms with E-state index in [0.29, 0.717) is 17.8 Å². The summed E-state index contributed by atoms with van der Waals surface area (Å²) < 4.78 is 2.02. The van der Waals surface area contributed by atoms with E-state index in [1.807, 2.05) is 17.7 Å². The molecule has 1 fully saturated rings. The first-order chi connectivity index (χ1) is 12.9. The third kappa shape index (κ3) is 2.74. The Hall–Kier alpha value is -2.96. The Morgan fingerprint density at radius 1 is 1.33 bits per heavy atom. The molecular formula is C20H22N4O3. The van der Waals surface area contributed by atoms with E-state index in [2.05, 4.69) is 15.6 Å². The van der Waals surface area contributed by atoms with E-state index in [-0.39, 0.29) is 17.6 Å². The van der Waals surface area contributed by atoms with E-state index >= 15 is 0 Å². The van der Waals surface area contributed by atoms with Gasteiger partial charge >= 0.3 is 0 Å². The van der Waals surface area contributed by atoms with Crippen molar-refractivity contribution in [2.24, 2.45) is 17.3 Å². The minimum atomic E-state index is -0.971. The molecule has 27 heavy (non-hydrogen) atoms. The Bertz CT molecular complexity index is 935. The number of benzene rings is 1. The zero-order valence-corrected chi connectivity index (χ0v) is 15.4. The van der Waals surface area contributed by atoms with Crippen molar-refractivity contribution in [1.82, 2.24) is 14.9 Å². The number of fused-ring (bicyclic) bond motifs is 2. The van der Waals surface area contributed by atoms with Crippen LogP contribution in [0.3, 0.4) is 0 Å². The average molecular weight is 366 g/mol. The number of aryl methyl sites for hydroxylation is 2. The SMILES string of the molecule is Cc1nccn1CCCNC(=O)[C@@H]1C2C(=O)Nc3ccccc3C(=O)[C@@]21C. The Kier molecular flexibility index (Phi) is 4.09. The van der Waals surface area contributed by atoms with Crippen LogP contribution in [-0.2, 0) is 16.1 Å². The quantitative estimate of drug-likeness (QED) is 0.789. The van der Waals surface area contributed by atoms with Gasteiger partial charge in [-0.05, 0) is 25.5 Å². The highest BCUT2D eigenvalue weighted by Crippen LogP contribution is 2.62. The number of rotatable bonds is 5. The highest BCUT2D eigenvalue weighted by molar-refractivity contribution is 6.19. The number of imidazole rings is 1. The van der Waals surface area contributed by atoms with Gasteiger partial charge in [-0.2, -0.15) is 0 Å². The van der Waals surface area contributed by atoms with Crippen molar-refractivity contribution in [3.63, 3.8) is 0 Å². The molecule has 2 N–H and O–H groups in total. The number of nitrogens with zero attached hydrogens (tertiary/aromatic N) is 2. The molecule has 0 spiro atoms. The van der Waals surface area contributed by atoms with Crippen LogP contribution >= 0.6 is 0 Å². The summed E-state index contributed by atoms with van der Waals surface area (Å²) in [5.74, 6) is -0.936. The first-order valence-corrected chi connectivity index (χ1v) is 9.14. The van der Waals surface area contributed by atoms with Gasteiger partial charge in [0.15, 0.2) is 5.78 Å². The second kappa shape index (κ2) is 6.33. The summed E-state index contributed by atoms with van der Waals surface area (Å²) in [6.07, 6.45) is 4.40. The standard InChI is InChI=1S/C20H22N4O3/c1-12-21-9-11-24(12)10-5-8-22-18(26)15-16-19(27)23-14-7-4-3-6-13(14)17(25)20(15,16)2/h3-4,6-7,9,11,15-16H,5,8,10H2,1-2H3,(H,22,26)(H,23,27)/t15-,16?,20+/m0/s1. The average Bonchev–Trinajstić information content (AvgIpc) is 3.12. The fourth-order valence-corrected chi connectivity index (χ4v) is 4.14. The van der Waals surface area contributed by atoms with E-state index in [1.54, 1.807) is 37.4 Å². The van der Waals surface area contributed by atoms with Gasteiger partial charge in [0, 0.05) is 31.0 Å². The number of Topliss-reactive ketones (excluding diaryl/α,β-unsaturated/α-hetero) is 1. The van der Waals surface area contributed by atoms with Gasteiger partial charge in [-0.15, -0.1) is 0 Å². The van der Waals surface area contributed by atoms with Gasteiger partial charge in [0.25, 0.3) is 0 Å². The Balaban J connectivity index is 1.42. The normalized spacial score (nSPS) is 25.9. The summed E-state index contributed by atoms with van der Waals surface area (Å²) in [5, 5.41) is 5.68. The number of hydrogen-bond acceptors (Lipinski definition) is 4. The van der Waals surface area contributed by atoms with Gasteiger partial charge < -0.3 is 15.2 Å². The lowest BCUT2D eigenvalue weighted by Gasteiger charge is -2.13. The van der Waals surface area contributed by atoms with E-state index in [9.17, 15) is 14.4 Å². The summed E-state index contributed by atoms with van der Waals surface area (Å²) in [7, 11) is 0. The van der Waals surface area contributed by atoms with E-state index < -0.39 is 17.3 Å². The number of aromatic nitrogens is 2. The first-order valence-electron chi connectivity index (χ1n) is 9.14. The van der Waals surface area contributed by atoms with Crippen LogP contribution in [0.5, 0.6) is 0 Å². The molecule has 1 aromatic heterocycles. The maximum atomic E-state index is 13.0. The van der Waals surface area contributed by atoms with Crippen molar-refractivity contribution in [1.29, 1.82) is 0 Å². The summed E-state index contributed by atoms with van der Waals surface area (Å²) in [5.41, 5.74) is 0.0272. The molecule has 140 valence electrons. The van der Waals surface area contributed by atoms with Crippen LogP contribution in [0.1, 0.15) is 29.5 Å². The number of anilines is 1. The molecule has 1 saturated carbocycles. The zero-order chi connectivity index (χ0) is 19.2. The minimum Gasteiger partial charge on any atom is -0.356 e. The monoisotopic (exact) mass is 366 g/mol. The number of carbonyl (C=O) groups excluding carboxylic acids is 3. The van der Waals surface area contributed by atoms with Crippen molar-refractivity contribution in [2.45, 2.75) is 26.8 Å². The molecular weight excluding hydrogens is 344 g/mol. The number of nitrogens with one attached hydrogen (secondary N) is 2. The highest BCUT2D eigenvalue weighted by atomic mass is 16.2. The molecule has 2 aliphatic rings. The lowest BCUT2D eigenvalue weighted by molar-refractivity contribution is -0.125. The molecule has 1 unspecified atom stereocenters. The van der Waals surface area contributed by atoms with Crippen molar-refractivity contribution in [3.05, 3.63) is 48.0 Å². The molecule has 7 heteroatoms. The molecule has 0 bridgehead atoms. The zero-order valence-electron chi connectivity index (χ0n) is 15.4. The maximum absolute atomic E-state index is 13.0. The summed E-state index contributed by atoms with van der Waals surface area (Å²) in [6.45, 7) is 4.90. The molecule has 3 atom stereocenters. The van der Waals surface area contributed by atoms with Crippen LogP contribution in [0.2, 0.25) is 0 Å². The van der Waals surface area contributed by atoms with Gasteiger partial charge in [0.05, 0.1) is 22.9 Å². The molecule has 2 heterocycles. The van der Waals surface area contributed by atoms with Gasteiger partial charge in [-0.1, -0.05) is 19.1 Å². The molecule has 0 radical (unpaired) electrons. The largest absolute Gasteiger partial charge is 0.356 e. The highest BCUT2D eigenvalue weighted by Gasteiger charge is 2.73. The van der Waals surface area contributed by atoms with Gasteiger partial charge in [0.1, 0.15) is 5.82 Å². The molecule has 2 amide bonds. The van der Waals surface area contributed by atoms with Gasteiger partial charge in [-0.3, -0.25) is 14.4 Å². The van der Waals surface area contributed by atoms with Crippen LogP contribution in [0.15, 0.2) is 36.7 Å². The van der Waals surface area contributed by atoms with Crippen LogP contribution < -0.4 is 10.6 Å². The fraction of sp³-hybridized carbons (Fsp3) is 0.400. The van der Waals surface area contributed by atoms with Crippen molar-refractivity contribution >= 4 is 23.3 Å². The van der Waals surface area contributed by atoms with Crippen LogP contribution in [0, 0.1) is 24.2 Å². The third-order valence-electron chi connectivity index (χ3n) is 5.80. The van der Waals surface area contributed by atoms with Gasteiger partial charge in [-0.25, -0.2) is 4.98 Å². The molecule has 1 aromatic carbocycles. The fourth-order valence-electron chi connectivity index (χ4n) is 4.14. The van der Waals surface area contributed by atoms with E-state index in [1.165, 1.54) is 0 Å². The molecule has 2 aromatic rings. The lowest BCUT2D eigenvalue weighted by Crippen LogP contribution is -2.31. The Labute approximate surface area is 157 Å². The first kappa shape index (κ1) is 17.5. The second-order valence-corrected chi connectivity index (χ2v) is 7.41. The number of hydrogen-bond donors (Lipinski definition) is 2. The molecule has 4 rings (SSSR count). The number of para-hydroxylation sites is 1. The van der Waals surface area contributed by atoms with Crippen molar-refractivity contribution < 1.29 is 14.4 Å². The Morgan fingerprint density at radius 2 is 2.11 bits per heavy atom. The van der Waals surface area contributed by atoms with Crippen molar-refractivity contribution in [3.8, 4) is 0 Å². The van der Waals surface area contributed by atoms with Crippen LogP contribution in [0.4, 0.5) is 5.69 Å².